The van der Waals surface area contributed by atoms with Gasteiger partial charge in [-0.2, -0.15) is 0 Å². The molecule has 0 radical (unpaired) electrons. The van der Waals surface area contributed by atoms with E-state index in [0.717, 1.165) is 4.47 Å². The van der Waals surface area contributed by atoms with Gasteiger partial charge in [-0.25, -0.2) is 4.98 Å². The van der Waals surface area contributed by atoms with E-state index in [9.17, 15) is 9.90 Å². The molecule has 0 saturated carbocycles. The minimum Gasteiger partial charge on any atom is -0.507 e. The SMILES string of the molecule is COc1ccc(Br)c(CC(=O)c2ccc(Br)cc2O)n1. The minimum atomic E-state index is -0.212. The molecule has 0 saturated heterocycles. The number of carbonyl (C=O) groups is 1. The summed E-state index contributed by atoms with van der Waals surface area (Å²) in [5.41, 5.74) is 0.835. The number of aromatic hydroxyl groups is 1. The summed E-state index contributed by atoms with van der Waals surface area (Å²) in [6.07, 6.45) is 0.0764. The summed E-state index contributed by atoms with van der Waals surface area (Å²) >= 11 is 6.59. The Bertz CT molecular complexity index is 659. The van der Waals surface area contributed by atoms with Crippen molar-refractivity contribution in [1.29, 1.82) is 0 Å². The highest BCUT2D eigenvalue weighted by molar-refractivity contribution is 9.10. The average molecular weight is 401 g/mol. The molecule has 0 spiro atoms. The predicted molar refractivity (Wildman–Crippen MR) is 82.3 cm³/mol. The van der Waals surface area contributed by atoms with E-state index >= 15 is 0 Å². The number of aromatic nitrogens is 1. The van der Waals surface area contributed by atoms with Crippen molar-refractivity contribution in [1.82, 2.24) is 4.98 Å². The molecule has 20 heavy (non-hydrogen) atoms. The lowest BCUT2D eigenvalue weighted by molar-refractivity contribution is 0.0989. The van der Waals surface area contributed by atoms with Gasteiger partial charge in [0.2, 0.25) is 5.88 Å². The van der Waals surface area contributed by atoms with Gasteiger partial charge in [0.15, 0.2) is 5.78 Å². The third kappa shape index (κ3) is 3.37. The lowest BCUT2D eigenvalue weighted by Gasteiger charge is -2.07. The molecule has 0 aliphatic rings. The predicted octanol–water partition coefficient (Wildman–Crippen LogP) is 3.75. The Labute approximate surface area is 133 Å². The van der Waals surface area contributed by atoms with Crippen LogP contribution in [0.25, 0.3) is 0 Å². The van der Waals surface area contributed by atoms with Crippen LogP contribution in [-0.2, 0) is 6.42 Å². The number of pyridine rings is 1. The Morgan fingerprint density at radius 1 is 1.30 bits per heavy atom. The fourth-order valence-corrected chi connectivity index (χ4v) is 2.40. The fraction of sp³-hybridized carbons (Fsp3) is 0.143. The van der Waals surface area contributed by atoms with E-state index < -0.39 is 0 Å². The molecule has 0 fully saturated rings. The largest absolute Gasteiger partial charge is 0.507 e. The highest BCUT2D eigenvalue weighted by atomic mass is 79.9. The number of nitrogens with zero attached hydrogens (tertiary/aromatic N) is 1. The molecular formula is C14H11Br2NO3. The number of hydrogen-bond donors (Lipinski definition) is 1. The third-order valence-corrected chi connectivity index (χ3v) is 3.91. The highest BCUT2D eigenvalue weighted by Gasteiger charge is 2.15. The monoisotopic (exact) mass is 399 g/mol. The van der Waals surface area contributed by atoms with Crippen LogP contribution in [-0.4, -0.2) is 23.0 Å². The maximum Gasteiger partial charge on any atom is 0.213 e. The van der Waals surface area contributed by atoms with Crippen LogP contribution in [0.4, 0.5) is 0 Å². The average Bonchev–Trinajstić information content (AvgIpc) is 2.41. The number of hydrogen-bond acceptors (Lipinski definition) is 4. The Balaban J connectivity index is 2.27. The highest BCUT2D eigenvalue weighted by Crippen LogP contribution is 2.25. The second-order valence-corrected chi connectivity index (χ2v) is 5.81. The first-order chi connectivity index (χ1) is 9.51. The zero-order chi connectivity index (χ0) is 14.7. The number of ether oxygens (including phenoxy) is 1. The molecule has 0 amide bonds. The standard InChI is InChI=1S/C14H11Br2NO3/c1-20-14-5-4-10(16)11(17-14)7-13(19)9-3-2-8(15)6-12(9)18/h2-6,18H,7H2,1H3. The lowest BCUT2D eigenvalue weighted by atomic mass is 10.1. The van der Waals surface area contributed by atoms with Crippen LogP contribution in [0.2, 0.25) is 0 Å². The maximum atomic E-state index is 12.2. The molecule has 4 nitrogen and oxygen atoms in total. The number of carbonyl (C=O) groups excluding carboxylic acids is 1. The van der Waals surface area contributed by atoms with Gasteiger partial charge in [-0.1, -0.05) is 15.9 Å². The normalized spacial score (nSPS) is 10.3. The smallest absolute Gasteiger partial charge is 0.213 e. The zero-order valence-corrected chi connectivity index (χ0v) is 13.7. The number of Topliss-reactive ketones (excluding diaryl/α,β-unsaturated/α-hetero) is 1. The molecule has 1 N–H and O–H groups in total. The number of benzene rings is 1. The van der Waals surface area contributed by atoms with Crippen LogP contribution in [0.3, 0.4) is 0 Å². The molecule has 2 rings (SSSR count). The third-order valence-electron chi connectivity index (χ3n) is 2.69. The van der Waals surface area contributed by atoms with Crippen molar-refractivity contribution in [3.63, 3.8) is 0 Å². The van der Waals surface area contributed by atoms with Gasteiger partial charge in [0.05, 0.1) is 24.8 Å². The van der Waals surface area contributed by atoms with E-state index in [4.69, 9.17) is 4.74 Å². The number of phenols is 1. The topological polar surface area (TPSA) is 59.4 Å². The van der Waals surface area contributed by atoms with Crippen molar-refractivity contribution in [3.05, 3.63) is 50.5 Å². The van der Waals surface area contributed by atoms with E-state index in [1.165, 1.54) is 13.2 Å². The quantitative estimate of drug-likeness (QED) is 0.794. The van der Waals surface area contributed by atoms with Crippen LogP contribution < -0.4 is 4.74 Å². The number of halogens is 2. The minimum absolute atomic E-state index is 0.0524. The van der Waals surface area contributed by atoms with Crippen LogP contribution in [0.15, 0.2) is 39.3 Å². The Hall–Kier alpha value is -1.40. The summed E-state index contributed by atoms with van der Waals surface area (Å²) in [5, 5.41) is 9.80. The lowest BCUT2D eigenvalue weighted by Crippen LogP contribution is -2.06. The van der Waals surface area contributed by atoms with Gasteiger partial charge in [0, 0.05) is 15.0 Å². The Morgan fingerprint density at radius 2 is 2.05 bits per heavy atom. The maximum absolute atomic E-state index is 12.2. The molecule has 0 aliphatic heterocycles. The molecule has 0 bridgehead atoms. The molecule has 2 aromatic rings. The fourth-order valence-electron chi connectivity index (χ4n) is 1.69. The molecule has 0 unspecified atom stereocenters. The summed E-state index contributed by atoms with van der Waals surface area (Å²) in [4.78, 5) is 16.4. The van der Waals surface area contributed by atoms with Gasteiger partial charge < -0.3 is 9.84 Å². The van der Waals surface area contributed by atoms with E-state index in [2.05, 4.69) is 36.8 Å². The molecule has 104 valence electrons. The first kappa shape index (κ1) is 15.0. The van der Waals surface area contributed by atoms with E-state index in [0.29, 0.717) is 16.0 Å². The van der Waals surface area contributed by atoms with Crippen molar-refractivity contribution in [3.8, 4) is 11.6 Å². The Kier molecular flexibility index (Phi) is 4.77. The summed E-state index contributed by atoms with van der Waals surface area (Å²) in [6, 6.07) is 8.25. The van der Waals surface area contributed by atoms with E-state index in [-0.39, 0.29) is 23.5 Å². The van der Waals surface area contributed by atoms with Crippen LogP contribution in [0.1, 0.15) is 16.1 Å². The van der Waals surface area contributed by atoms with E-state index in [1.807, 2.05) is 0 Å². The van der Waals surface area contributed by atoms with Crippen molar-refractivity contribution in [2.24, 2.45) is 0 Å². The molecule has 0 aliphatic carbocycles. The molecule has 0 atom stereocenters. The van der Waals surface area contributed by atoms with Crippen LogP contribution in [0, 0.1) is 0 Å². The van der Waals surface area contributed by atoms with Gasteiger partial charge in [-0.05, 0) is 40.2 Å². The van der Waals surface area contributed by atoms with Crippen molar-refractivity contribution in [2.45, 2.75) is 6.42 Å². The molecule has 1 aromatic carbocycles. The van der Waals surface area contributed by atoms with Crippen molar-refractivity contribution < 1.29 is 14.6 Å². The van der Waals surface area contributed by atoms with E-state index in [1.54, 1.807) is 24.3 Å². The number of ketones is 1. The second-order valence-electron chi connectivity index (χ2n) is 4.04. The van der Waals surface area contributed by atoms with Crippen LogP contribution in [0.5, 0.6) is 11.6 Å². The number of phenolic OH excluding ortho intramolecular Hbond substituents is 1. The van der Waals surface area contributed by atoms with Gasteiger partial charge in [-0.3, -0.25) is 4.79 Å². The summed E-state index contributed by atoms with van der Waals surface area (Å²) < 4.78 is 6.48. The second kappa shape index (κ2) is 6.37. The van der Waals surface area contributed by atoms with Gasteiger partial charge >= 0.3 is 0 Å². The molecule has 1 heterocycles. The summed E-state index contributed by atoms with van der Waals surface area (Å²) in [6.45, 7) is 0. The van der Waals surface area contributed by atoms with Gasteiger partial charge in [0.25, 0.3) is 0 Å². The number of methoxy groups -OCH3 is 1. The van der Waals surface area contributed by atoms with Crippen molar-refractivity contribution in [2.75, 3.05) is 7.11 Å². The zero-order valence-electron chi connectivity index (χ0n) is 10.6. The first-order valence-corrected chi connectivity index (χ1v) is 7.31. The van der Waals surface area contributed by atoms with Gasteiger partial charge in [-0.15, -0.1) is 0 Å². The molecule has 1 aromatic heterocycles. The van der Waals surface area contributed by atoms with Gasteiger partial charge in [0.1, 0.15) is 5.75 Å². The Morgan fingerprint density at radius 3 is 2.70 bits per heavy atom. The molecular weight excluding hydrogens is 390 g/mol. The summed E-state index contributed by atoms with van der Waals surface area (Å²) in [5.74, 6) is 0.177. The first-order valence-electron chi connectivity index (χ1n) is 5.72. The van der Waals surface area contributed by atoms with Crippen LogP contribution >= 0.6 is 31.9 Å². The summed E-state index contributed by atoms with van der Waals surface area (Å²) in [7, 11) is 1.52. The van der Waals surface area contributed by atoms with Crippen molar-refractivity contribution >= 4 is 37.6 Å². The number of rotatable bonds is 4. The molecule has 6 heteroatoms.